The number of benzene rings is 3. The number of aliphatic hydroxyl groups is 1. The van der Waals surface area contributed by atoms with E-state index in [0.29, 0.717) is 61.2 Å². The van der Waals surface area contributed by atoms with Gasteiger partial charge in [-0.25, -0.2) is 9.97 Å². The van der Waals surface area contributed by atoms with Crippen LogP contribution in [0.4, 0.5) is 0 Å². The Bertz CT molecular complexity index is 1640. The average molecular weight is 529 g/mol. The second-order valence-electron chi connectivity index (χ2n) is 8.74. The van der Waals surface area contributed by atoms with Crippen LogP contribution in [0.3, 0.4) is 0 Å². The van der Waals surface area contributed by atoms with Crippen LogP contribution in [0.1, 0.15) is 33.5 Å². The van der Waals surface area contributed by atoms with Gasteiger partial charge in [0.2, 0.25) is 5.88 Å². The molecule has 6 nitrogen and oxygen atoms in total. The maximum absolute atomic E-state index is 12.3. The first-order chi connectivity index (χ1) is 17.8. The van der Waals surface area contributed by atoms with Crippen molar-refractivity contribution in [2.75, 3.05) is 7.11 Å². The first-order valence-corrected chi connectivity index (χ1v) is 12.2. The molecule has 1 N–H and O–H groups in total. The number of nitrogens with zero attached hydrogens (tertiary/aromatic N) is 4. The molecule has 0 saturated heterocycles. The summed E-state index contributed by atoms with van der Waals surface area (Å²) in [5.41, 5.74) is 3.19. The molecule has 0 bridgehead atoms. The number of imidazole rings is 1. The lowest BCUT2D eigenvalue weighted by Crippen LogP contribution is -2.31. The third kappa shape index (κ3) is 4.42. The molecule has 0 saturated carbocycles. The summed E-state index contributed by atoms with van der Waals surface area (Å²) in [6, 6.07) is 22.0. The molecule has 0 aliphatic carbocycles. The molecular weight excluding hydrogens is 507 g/mol. The summed E-state index contributed by atoms with van der Waals surface area (Å²) in [4.78, 5) is 8.93. The van der Waals surface area contributed by atoms with E-state index >= 15 is 0 Å². The lowest BCUT2D eigenvalue weighted by Gasteiger charge is -2.30. The third-order valence-corrected chi connectivity index (χ3v) is 7.19. The molecule has 8 heteroatoms. The van der Waals surface area contributed by atoms with Crippen molar-refractivity contribution in [1.29, 1.82) is 5.26 Å². The number of hydrogen-bond donors (Lipinski definition) is 1. The van der Waals surface area contributed by atoms with Crippen molar-refractivity contribution < 1.29 is 9.84 Å². The van der Waals surface area contributed by atoms with Gasteiger partial charge in [0, 0.05) is 29.4 Å². The molecule has 0 aliphatic rings. The molecule has 5 rings (SSSR count). The van der Waals surface area contributed by atoms with E-state index in [1.807, 2.05) is 37.4 Å². The summed E-state index contributed by atoms with van der Waals surface area (Å²) in [5, 5.41) is 23.1. The standard InChI is InChI=1S/C29H22Cl2N4O2/c1-35-17-33-16-26(35)29(36,20-7-10-22(30)11-8-20)21-9-12-25-23(14-21)27(31)24(28(34-25)37-2)13-18-3-5-19(15-32)6-4-18/h3-12,14,16-17,36H,13H2,1-2H3/t29-/m1/s1. The molecule has 2 heterocycles. The van der Waals surface area contributed by atoms with Gasteiger partial charge >= 0.3 is 0 Å². The van der Waals surface area contributed by atoms with Crippen molar-refractivity contribution in [2.45, 2.75) is 12.0 Å². The average Bonchev–Trinajstić information content (AvgIpc) is 3.36. The van der Waals surface area contributed by atoms with Gasteiger partial charge in [0.1, 0.15) is 0 Å². The van der Waals surface area contributed by atoms with Gasteiger partial charge in [0.05, 0.1) is 47.5 Å². The van der Waals surface area contributed by atoms with Crippen LogP contribution in [0.2, 0.25) is 10.0 Å². The summed E-state index contributed by atoms with van der Waals surface area (Å²) < 4.78 is 7.36. The second-order valence-corrected chi connectivity index (χ2v) is 9.55. The molecule has 0 amide bonds. The molecule has 1 atom stereocenters. The predicted octanol–water partition coefficient (Wildman–Crippen LogP) is 6.03. The van der Waals surface area contributed by atoms with E-state index in [9.17, 15) is 5.11 Å². The number of pyridine rings is 1. The quantitative estimate of drug-likeness (QED) is 0.290. The SMILES string of the molecule is COc1nc2ccc([C@](O)(c3ccc(Cl)cc3)c3cncn3C)cc2c(Cl)c1Cc1ccc(C#N)cc1. The van der Waals surface area contributed by atoms with Gasteiger partial charge in [-0.05, 0) is 53.1 Å². The van der Waals surface area contributed by atoms with Gasteiger partial charge in [-0.1, -0.05) is 53.5 Å². The number of halogens is 2. The van der Waals surface area contributed by atoms with Gasteiger partial charge in [-0.15, -0.1) is 0 Å². The van der Waals surface area contributed by atoms with Crippen LogP contribution in [-0.4, -0.2) is 26.8 Å². The first-order valence-electron chi connectivity index (χ1n) is 11.5. The van der Waals surface area contributed by atoms with Crippen LogP contribution in [0.25, 0.3) is 10.9 Å². The zero-order valence-corrected chi connectivity index (χ0v) is 21.6. The number of aryl methyl sites for hydroxylation is 1. The van der Waals surface area contributed by atoms with Gasteiger partial charge in [-0.2, -0.15) is 5.26 Å². The Kier molecular flexibility index (Phi) is 6.61. The molecule has 0 unspecified atom stereocenters. The summed E-state index contributed by atoms with van der Waals surface area (Å²) in [6.07, 6.45) is 3.75. The van der Waals surface area contributed by atoms with E-state index in [0.717, 1.165) is 5.56 Å². The van der Waals surface area contributed by atoms with Gasteiger partial charge in [0.25, 0.3) is 0 Å². The smallest absolute Gasteiger partial charge is 0.218 e. The van der Waals surface area contributed by atoms with Gasteiger partial charge in [-0.3, -0.25) is 0 Å². The highest BCUT2D eigenvalue weighted by molar-refractivity contribution is 6.36. The maximum Gasteiger partial charge on any atom is 0.218 e. The van der Waals surface area contributed by atoms with Crippen LogP contribution in [0.15, 0.2) is 79.3 Å². The molecule has 184 valence electrons. The Balaban J connectivity index is 1.69. The van der Waals surface area contributed by atoms with E-state index in [1.165, 1.54) is 0 Å². The van der Waals surface area contributed by atoms with Crippen LogP contribution >= 0.6 is 23.2 Å². The van der Waals surface area contributed by atoms with E-state index in [4.69, 9.17) is 38.2 Å². The second kappa shape index (κ2) is 9.87. The maximum atomic E-state index is 12.3. The summed E-state index contributed by atoms with van der Waals surface area (Å²) >= 11 is 13.1. The predicted molar refractivity (Wildman–Crippen MR) is 144 cm³/mol. The molecule has 5 aromatic rings. The minimum absolute atomic E-state index is 0.425. The Morgan fingerprint density at radius 1 is 1.03 bits per heavy atom. The van der Waals surface area contributed by atoms with Crippen molar-refractivity contribution in [1.82, 2.24) is 14.5 Å². The normalized spacial score (nSPS) is 12.8. The Morgan fingerprint density at radius 2 is 1.73 bits per heavy atom. The third-order valence-electron chi connectivity index (χ3n) is 6.50. The Morgan fingerprint density at radius 3 is 2.35 bits per heavy atom. The number of rotatable bonds is 6. The molecule has 0 fully saturated rings. The number of fused-ring (bicyclic) bond motifs is 1. The topological polar surface area (TPSA) is 84.0 Å². The molecular formula is C29H22Cl2N4O2. The Hall–Kier alpha value is -3.89. The van der Waals surface area contributed by atoms with Crippen molar-refractivity contribution in [3.8, 4) is 11.9 Å². The minimum Gasteiger partial charge on any atom is -0.481 e. The molecule has 3 aromatic carbocycles. The lowest BCUT2D eigenvalue weighted by molar-refractivity contribution is 0.117. The minimum atomic E-state index is -1.53. The van der Waals surface area contributed by atoms with E-state index in [1.54, 1.807) is 60.6 Å². The largest absolute Gasteiger partial charge is 0.481 e. The van der Waals surface area contributed by atoms with E-state index in [2.05, 4.69) is 11.1 Å². The van der Waals surface area contributed by atoms with Crippen LogP contribution in [0, 0.1) is 11.3 Å². The highest BCUT2D eigenvalue weighted by Crippen LogP contribution is 2.40. The number of aromatic nitrogens is 3. The molecule has 37 heavy (non-hydrogen) atoms. The van der Waals surface area contributed by atoms with Gasteiger partial charge < -0.3 is 14.4 Å². The van der Waals surface area contributed by atoms with Crippen LogP contribution in [-0.2, 0) is 19.1 Å². The number of nitriles is 1. The number of ether oxygens (including phenoxy) is 1. The van der Waals surface area contributed by atoms with E-state index < -0.39 is 5.60 Å². The lowest BCUT2D eigenvalue weighted by atomic mass is 9.83. The van der Waals surface area contributed by atoms with Gasteiger partial charge in [0.15, 0.2) is 5.60 Å². The van der Waals surface area contributed by atoms with Crippen LogP contribution < -0.4 is 4.74 Å². The molecule has 2 aromatic heterocycles. The summed E-state index contributed by atoms with van der Waals surface area (Å²) in [5.74, 6) is 0.425. The van der Waals surface area contributed by atoms with Crippen molar-refractivity contribution in [2.24, 2.45) is 7.05 Å². The summed E-state index contributed by atoms with van der Waals surface area (Å²) in [6.45, 7) is 0. The molecule has 0 radical (unpaired) electrons. The fourth-order valence-corrected chi connectivity index (χ4v) is 4.98. The van der Waals surface area contributed by atoms with Crippen LogP contribution in [0.5, 0.6) is 5.88 Å². The van der Waals surface area contributed by atoms with E-state index in [-0.39, 0.29) is 0 Å². The zero-order chi connectivity index (χ0) is 26.2. The first kappa shape index (κ1) is 24.8. The number of methoxy groups -OCH3 is 1. The number of hydrogen-bond acceptors (Lipinski definition) is 5. The highest BCUT2D eigenvalue weighted by atomic mass is 35.5. The van der Waals surface area contributed by atoms with Crippen molar-refractivity contribution in [3.05, 3.63) is 123 Å². The molecule has 0 aliphatic heterocycles. The summed E-state index contributed by atoms with van der Waals surface area (Å²) in [7, 11) is 3.39. The zero-order valence-electron chi connectivity index (χ0n) is 20.1. The van der Waals surface area contributed by atoms with Crippen molar-refractivity contribution in [3.63, 3.8) is 0 Å². The molecule has 0 spiro atoms. The van der Waals surface area contributed by atoms with Crippen molar-refractivity contribution >= 4 is 34.1 Å². The monoisotopic (exact) mass is 528 g/mol. The fraction of sp³-hybridized carbons (Fsp3) is 0.138. The highest BCUT2D eigenvalue weighted by Gasteiger charge is 2.37. The fourth-order valence-electron chi connectivity index (χ4n) is 4.55. The Labute approximate surface area is 224 Å².